The molecule has 8 atom stereocenters. The highest BCUT2D eigenvalue weighted by Crippen LogP contribution is 2.46. The summed E-state index contributed by atoms with van der Waals surface area (Å²) in [7, 11) is -4.25. The first-order valence-corrected chi connectivity index (χ1v) is 14.4. The minimum atomic E-state index is -4.25. The largest absolute Gasteiger partial charge is 0.587 e. The van der Waals surface area contributed by atoms with Crippen molar-refractivity contribution in [2.24, 2.45) is 5.92 Å². The third-order valence-corrected chi connectivity index (χ3v) is 7.75. The zero-order valence-electron chi connectivity index (χ0n) is 22.4. The average molecular weight is 569 g/mol. The van der Waals surface area contributed by atoms with Crippen LogP contribution in [0.5, 0.6) is 5.75 Å². The van der Waals surface area contributed by atoms with E-state index in [0.29, 0.717) is 12.8 Å². The van der Waals surface area contributed by atoms with Crippen LogP contribution in [0.2, 0.25) is 0 Å². The fourth-order valence-corrected chi connectivity index (χ4v) is 5.92. The SMILES string of the molecule is C#C[C@H]1[C@H](O)[C@@H](COP(=O)(N[C@@H](CCC)C(=O)OC(C)C)Oc2ccccc2)O[C@H]1N1C(C)CC(=O)N[NH+]1[O-]. The van der Waals surface area contributed by atoms with Crippen molar-refractivity contribution in [3.05, 3.63) is 35.5 Å². The van der Waals surface area contributed by atoms with Crippen LogP contribution in [0.15, 0.2) is 30.3 Å². The van der Waals surface area contributed by atoms with Gasteiger partial charge in [-0.05, 0) is 39.3 Å². The molecule has 13 nitrogen and oxygen atoms in total. The fourth-order valence-electron chi connectivity index (χ4n) is 4.38. The summed E-state index contributed by atoms with van der Waals surface area (Å²) in [4.78, 5) is 24.4. The molecule has 3 unspecified atom stereocenters. The zero-order chi connectivity index (χ0) is 28.7. The normalized spacial score (nSPS) is 29.7. The van der Waals surface area contributed by atoms with Crippen LogP contribution in [0.1, 0.15) is 47.0 Å². The summed E-state index contributed by atoms with van der Waals surface area (Å²) >= 11 is 0. The number of para-hydroxylation sites is 1. The van der Waals surface area contributed by atoms with E-state index in [1.54, 1.807) is 51.1 Å². The number of rotatable bonds is 12. The number of hydrogen-bond donors (Lipinski definition) is 4. The van der Waals surface area contributed by atoms with Gasteiger partial charge in [0.25, 0.3) is 5.91 Å². The second-order valence-electron chi connectivity index (χ2n) is 9.72. The van der Waals surface area contributed by atoms with Gasteiger partial charge >= 0.3 is 13.7 Å². The molecule has 2 heterocycles. The molecule has 2 fully saturated rings. The molecule has 0 radical (unpaired) electrons. The molecule has 14 heteroatoms. The van der Waals surface area contributed by atoms with Crippen molar-refractivity contribution in [1.29, 1.82) is 0 Å². The van der Waals surface area contributed by atoms with Crippen molar-refractivity contribution < 1.29 is 43.1 Å². The van der Waals surface area contributed by atoms with E-state index < -0.39 is 74.1 Å². The van der Waals surface area contributed by atoms with Crippen LogP contribution in [-0.2, 0) is 28.2 Å². The van der Waals surface area contributed by atoms with E-state index in [-0.39, 0.29) is 12.2 Å². The molecule has 4 N–H and O–H groups in total. The number of aliphatic hydroxyl groups is 1. The second kappa shape index (κ2) is 13.7. The number of aliphatic hydroxyl groups excluding tert-OH is 1. The van der Waals surface area contributed by atoms with Crippen LogP contribution in [0.4, 0.5) is 0 Å². The minimum Gasteiger partial charge on any atom is -0.587 e. The van der Waals surface area contributed by atoms with Crippen molar-refractivity contribution in [1.82, 2.24) is 15.5 Å². The predicted molar refractivity (Wildman–Crippen MR) is 139 cm³/mol. The summed E-state index contributed by atoms with van der Waals surface area (Å²) in [5.41, 5.74) is 2.22. The van der Waals surface area contributed by atoms with Crippen LogP contribution in [0, 0.1) is 23.5 Å². The van der Waals surface area contributed by atoms with Gasteiger partial charge in [-0.1, -0.05) is 42.5 Å². The Morgan fingerprint density at radius 1 is 1.41 bits per heavy atom. The van der Waals surface area contributed by atoms with E-state index in [1.807, 2.05) is 6.92 Å². The molecule has 39 heavy (non-hydrogen) atoms. The molecule has 2 saturated heterocycles. The summed E-state index contributed by atoms with van der Waals surface area (Å²) in [6, 6.07) is 6.72. The number of esters is 1. The predicted octanol–water partition coefficient (Wildman–Crippen LogP) is 0.658. The highest BCUT2D eigenvalue weighted by Gasteiger charge is 2.51. The van der Waals surface area contributed by atoms with Gasteiger partial charge in [0.1, 0.15) is 24.0 Å². The number of nitrogens with zero attached hydrogens (tertiary/aromatic N) is 1. The van der Waals surface area contributed by atoms with E-state index in [2.05, 4.69) is 16.4 Å². The number of nitrogens with one attached hydrogen (secondary N) is 3. The molecule has 0 spiro atoms. The molecule has 1 amide bonds. The molecule has 0 aliphatic carbocycles. The third-order valence-electron chi connectivity index (χ3n) is 6.18. The van der Waals surface area contributed by atoms with Crippen LogP contribution in [0.25, 0.3) is 0 Å². The standard InChI is InChI=1S/C25H37N4O9P/c1-6-11-20(25(32)36-16(3)4)27-39(34,38-18-12-9-8-10-13-18)35-15-21-23(31)19(7-2)24(37-21)28-17(5)14-22(30)26-29(28)33/h2,8-10,12-13,16-17,19-21,23-24,29,31H,6,11,14-15H2,1,3-5H3,(H,26,30)(H,27,34)/t17?,19-,20-,21+,23-,24+,39?/m0/s1. The van der Waals surface area contributed by atoms with Crippen molar-refractivity contribution in [3.63, 3.8) is 0 Å². The Hall–Kier alpha value is -2.53. The van der Waals surface area contributed by atoms with Gasteiger partial charge in [0.15, 0.2) is 6.23 Å². The van der Waals surface area contributed by atoms with E-state index in [0.717, 1.165) is 0 Å². The fraction of sp³-hybridized carbons (Fsp3) is 0.600. The number of benzene rings is 1. The van der Waals surface area contributed by atoms with Gasteiger partial charge in [0, 0.05) is 0 Å². The Morgan fingerprint density at radius 2 is 2.10 bits per heavy atom. The summed E-state index contributed by atoms with van der Waals surface area (Å²) in [6.07, 6.45) is 2.72. The maximum absolute atomic E-state index is 13.9. The highest BCUT2D eigenvalue weighted by atomic mass is 31.2. The van der Waals surface area contributed by atoms with Gasteiger partial charge in [-0.15, -0.1) is 6.42 Å². The quantitative estimate of drug-likeness (QED) is 0.121. The minimum absolute atomic E-state index is 0.0372. The van der Waals surface area contributed by atoms with Crippen molar-refractivity contribution >= 4 is 19.6 Å². The van der Waals surface area contributed by atoms with Gasteiger partial charge in [-0.25, -0.2) is 4.57 Å². The first-order valence-electron chi connectivity index (χ1n) is 12.9. The summed E-state index contributed by atoms with van der Waals surface area (Å²) < 4.78 is 36.6. The number of carbonyl (C=O) groups excluding carboxylic acids is 2. The topological polar surface area (TPSA) is 163 Å². The third kappa shape index (κ3) is 8.00. The molecule has 2 aliphatic heterocycles. The molecule has 2 aliphatic rings. The molecule has 0 saturated carbocycles. The van der Waals surface area contributed by atoms with Gasteiger partial charge < -0.3 is 24.3 Å². The zero-order valence-corrected chi connectivity index (χ0v) is 23.3. The number of ether oxygens (including phenoxy) is 2. The molecule has 1 aromatic carbocycles. The Balaban J connectivity index is 1.80. The Kier molecular flexibility index (Phi) is 10.9. The van der Waals surface area contributed by atoms with Gasteiger partial charge in [0.05, 0.1) is 31.1 Å². The highest BCUT2D eigenvalue weighted by molar-refractivity contribution is 7.52. The number of amides is 1. The monoisotopic (exact) mass is 568 g/mol. The number of terminal acetylenes is 1. The van der Waals surface area contributed by atoms with Gasteiger partial charge in [-0.2, -0.15) is 15.8 Å². The van der Waals surface area contributed by atoms with Crippen LogP contribution >= 0.6 is 7.75 Å². The first kappa shape index (κ1) is 31.0. The van der Waals surface area contributed by atoms with Crippen molar-refractivity contribution in [3.8, 4) is 18.1 Å². The molecule has 0 aromatic heterocycles. The van der Waals surface area contributed by atoms with E-state index in [4.69, 9.17) is 24.9 Å². The van der Waals surface area contributed by atoms with Gasteiger partial charge in [-0.3, -0.25) is 14.1 Å². The molecule has 3 rings (SSSR count). The maximum atomic E-state index is 13.9. The Bertz CT molecular complexity index is 1060. The summed E-state index contributed by atoms with van der Waals surface area (Å²) in [6.45, 7) is 6.48. The lowest BCUT2D eigenvalue weighted by Crippen LogP contribution is -3.23. The van der Waals surface area contributed by atoms with Crippen molar-refractivity contribution in [2.45, 2.75) is 83.6 Å². The Labute approximate surface area is 228 Å². The van der Waals surface area contributed by atoms with Crippen LogP contribution in [-0.4, -0.2) is 65.2 Å². The first-order chi connectivity index (χ1) is 18.5. The molecular weight excluding hydrogens is 531 g/mol. The number of carbonyl (C=O) groups is 2. The van der Waals surface area contributed by atoms with Gasteiger partial charge in [0.2, 0.25) is 0 Å². The Morgan fingerprint density at radius 3 is 2.69 bits per heavy atom. The van der Waals surface area contributed by atoms with Crippen molar-refractivity contribution in [2.75, 3.05) is 6.61 Å². The van der Waals surface area contributed by atoms with E-state index >= 15 is 0 Å². The second-order valence-corrected chi connectivity index (χ2v) is 11.4. The smallest absolute Gasteiger partial charge is 0.459 e. The summed E-state index contributed by atoms with van der Waals surface area (Å²) in [5.74, 6) is 0.676. The van der Waals surface area contributed by atoms with E-state index in [9.17, 15) is 24.5 Å². The molecule has 216 valence electrons. The number of hydrogen-bond acceptors (Lipinski definition) is 10. The summed E-state index contributed by atoms with van der Waals surface area (Å²) in [5, 5.41) is 26.7. The maximum Gasteiger partial charge on any atom is 0.459 e. The lowest BCUT2D eigenvalue weighted by molar-refractivity contribution is -1.02. The number of quaternary nitrogens is 1. The van der Waals surface area contributed by atoms with Crippen LogP contribution < -0.4 is 20.3 Å². The molecular formula is C25H37N4O9P. The molecule has 1 aromatic rings. The lowest BCUT2D eigenvalue weighted by Gasteiger charge is -2.43. The van der Waals surface area contributed by atoms with E-state index in [1.165, 1.54) is 5.01 Å². The molecule has 0 bridgehead atoms. The lowest BCUT2D eigenvalue weighted by atomic mass is 10.00. The van der Waals surface area contributed by atoms with Crippen LogP contribution in [0.3, 0.4) is 0 Å². The average Bonchev–Trinajstić information content (AvgIpc) is 3.16.